The van der Waals surface area contributed by atoms with E-state index in [9.17, 15) is 13.2 Å². The topological polar surface area (TPSA) is 90.3 Å². The van der Waals surface area contributed by atoms with E-state index in [-0.39, 0.29) is 11.0 Å². The molecule has 19 heavy (non-hydrogen) atoms. The zero-order valence-corrected chi connectivity index (χ0v) is 11.9. The molecule has 0 aliphatic carbocycles. The zero-order valence-electron chi connectivity index (χ0n) is 11.1. The predicted molar refractivity (Wildman–Crippen MR) is 68.9 cm³/mol. The summed E-state index contributed by atoms with van der Waals surface area (Å²) in [5, 5.41) is 0.0181. The molecule has 0 aliphatic heterocycles. The summed E-state index contributed by atoms with van der Waals surface area (Å²) in [4.78, 5) is 14.6. The molecule has 8 heteroatoms. The van der Waals surface area contributed by atoms with Gasteiger partial charge in [0.1, 0.15) is 0 Å². The van der Waals surface area contributed by atoms with Crippen LogP contribution in [0, 0.1) is 0 Å². The van der Waals surface area contributed by atoms with Gasteiger partial charge < -0.3 is 9.30 Å². The number of aromatic nitrogens is 2. The second kappa shape index (κ2) is 7.25. The van der Waals surface area contributed by atoms with Crippen LogP contribution in [-0.4, -0.2) is 37.6 Å². The van der Waals surface area contributed by atoms with Crippen molar-refractivity contribution in [3.63, 3.8) is 0 Å². The minimum absolute atomic E-state index is 0.0181. The van der Waals surface area contributed by atoms with Gasteiger partial charge in [-0.3, -0.25) is 4.79 Å². The molecule has 0 unspecified atom stereocenters. The first-order valence-corrected chi connectivity index (χ1v) is 7.48. The molecule has 1 aromatic heterocycles. The minimum atomic E-state index is -3.52. The zero-order chi connectivity index (χ0) is 14.3. The van der Waals surface area contributed by atoms with Gasteiger partial charge >= 0.3 is 5.97 Å². The van der Waals surface area contributed by atoms with E-state index in [0.29, 0.717) is 25.8 Å². The fourth-order valence-corrected chi connectivity index (χ4v) is 2.53. The van der Waals surface area contributed by atoms with Crippen molar-refractivity contribution in [2.24, 2.45) is 7.05 Å². The first-order chi connectivity index (χ1) is 8.95. The Kier molecular flexibility index (Phi) is 5.97. The molecule has 1 rings (SSSR count). The molecule has 0 fully saturated rings. The largest absolute Gasteiger partial charge is 0.469 e. The van der Waals surface area contributed by atoms with Gasteiger partial charge in [-0.25, -0.2) is 18.1 Å². The molecule has 108 valence electrons. The molecule has 7 nitrogen and oxygen atoms in total. The van der Waals surface area contributed by atoms with Crippen LogP contribution in [0.3, 0.4) is 0 Å². The van der Waals surface area contributed by atoms with Gasteiger partial charge in [-0.2, -0.15) is 0 Å². The Morgan fingerprint density at radius 1 is 1.42 bits per heavy atom. The van der Waals surface area contributed by atoms with Crippen molar-refractivity contribution in [1.82, 2.24) is 14.3 Å². The van der Waals surface area contributed by atoms with Crippen LogP contribution in [0.2, 0.25) is 0 Å². The molecule has 1 heterocycles. The van der Waals surface area contributed by atoms with E-state index >= 15 is 0 Å². The number of carbonyl (C=O) groups is 1. The Labute approximate surface area is 113 Å². The third-order valence-corrected chi connectivity index (χ3v) is 3.88. The number of unbranched alkanes of at least 4 members (excludes halogenated alkanes) is 2. The van der Waals surface area contributed by atoms with E-state index in [0.717, 1.165) is 6.42 Å². The molecule has 0 saturated heterocycles. The van der Waals surface area contributed by atoms with Crippen LogP contribution in [0.25, 0.3) is 0 Å². The van der Waals surface area contributed by atoms with Gasteiger partial charge in [-0.1, -0.05) is 6.42 Å². The molecule has 0 amide bonds. The molecular weight excluding hydrogens is 270 g/mol. The molecule has 0 saturated carbocycles. The van der Waals surface area contributed by atoms with E-state index in [1.165, 1.54) is 19.6 Å². The number of methoxy groups -OCH3 is 1. The quantitative estimate of drug-likeness (QED) is 0.553. The molecule has 0 aliphatic rings. The number of rotatable bonds is 8. The fourth-order valence-electron chi connectivity index (χ4n) is 1.48. The molecule has 0 aromatic carbocycles. The van der Waals surface area contributed by atoms with Crippen molar-refractivity contribution < 1.29 is 17.9 Å². The number of sulfonamides is 1. The summed E-state index contributed by atoms with van der Waals surface area (Å²) in [5.74, 6) is -0.242. The first kappa shape index (κ1) is 15.6. The van der Waals surface area contributed by atoms with Crippen LogP contribution in [0.1, 0.15) is 25.7 Å². The van der Waals surface area contributed by atoms with Crippen molar-refractivity contribution in [2.45, 2.75) is 30.7 Å². The van der Waals surface area contributed by atoms with E-state index in [4.69, 9.17) is 0 Å². The van der Waals surface area contributed by atoms with Crippen LogP contribution in [-0.2, 0) is 26.6 Å². The molecule has 0 spiro atoms. The third-order valence-electron chi connectivity index (χ3n) is 2.53. The number of ether oxygens (including phenoxy) is 1. The normalized spacial score (nSPS) is 11.5. The third kappa shape index (κ3) is 5.39. The monoisotopic (exact) mass is 289 g/mol. The lowest BCUT2D eigenvalue weighted by Gasteiger charge is -2.04. The highest BCUT2D eigenvalue weighted by Crippen LogP contribution is 2.05. The Morgan fingerprint density at radius 3 is 2.74 bits per heavy atom. The Morgan fingerprint density at radius 2 is 2.16 bits per heavy atom. The molecule has 0 bridgehead atoms. The standard InChI is InChI=1S/C11H19N3O4S/c1-14-8-10(12-9-14)19(16,17)13-7-5-3-4-6-11(15)18-2/h8-9,13H,3-7H2,1-2H3. The summed E-state index contributed by atoms with van der Waals surface area (Å²) in [6.07, 6.45) is 5.37. The number of nitrogens with one attached hydrogen (secondary N) is 1. The number of imidazole rings is 1. The maximum Gasteiger partial charge on any atom is 0.305 e. The summed E-state index contributed by atoms with van der Waals surface area (Å²) >= 11 is 0. The van der Waals surface area contributed by atoms with Crippen molar-refractivity contribution in [3.05, 3.63) is 12.5 Å². The lowest BCUT2D eigenvalue weighted by Crippen LogP contribution is -2.25. The molecular formula is C11H19N3O4S. The van der Waals surface area contributed by atoms with Crippen molar-refractivity contribution >= 4 is 16.0 Å². The van der Waals surface area contributed by atoms with Gasteiger partial charge in [0.25, 0.3) is 10.0 Å². The van der Waals surface area contributed by atoms with Gasteiger partial charge in [0.15, 0.2) is 5.03 Å². The Balaban J connectivity index is 2.24. The van der Waals surface area contributed by atoms with Crippen molar-refractivity contribution in [1.29, 1.82) is 0 Å². The Hall–Kier alpha value is -1.41. The molecule has 0 radical (unpaired) electrons. The van der Waals surface area contributed by atoms with Crippen LogP contribution in [0.4, 0.5) is 0 Å². The van der Waals surface area contributed by atoms with Crippen LogP contribution >= 0.6 is 0 Å². The summed E-state index contributed by atoms with van der Waals surface area (Å²) < 4.78 is 32.1. The lowest BCUT2D eigenvalue weighted by molar-refractivity contribution is -0.140. The van der Waals surface area contributed by atoms with Crippen LogP contribution in [0.15, 0.2) is 17.6 Å². The number of hydrogen-bond acceptors (Lipinski definition) is 5. The SMILES string of the molecule is COC(=O)CCCCCNS(=O)(=O)c1cn(C)cn1. The predicted octanol–water partition coefficient (Wildman–Crippen LogP) is 0.432. The summed E-state index contributed by atoms with van der Waals surface area (Å²) in [5.41, 5.74) is 0. The van der Waals surface area contributed by atoms with Gasteiger partial charge in [0.2, 0.25) is 0 Å². The number of aryl methyl sites for hydroxylation is 1. The average molecular weight is 289 g/mol. The van der Waals surface area contributed by atoms with Crippen LogP contribution < -0.4 is 4.72 Å². The maximum atomic E-state index is 11.8. The number of esters is 1. The summed E-state index contributed by atoms with van der Waals surface area (Å²) in [6, 6.07) is 0. The van der Waals surface area contributed by atoms with E-state index in [1.54, 1.807) is 11.6 Å². The highest BCUT2D eigenvalue weighted by atomic mass is 32.2. The second-order valence-electron chi connectivity index (χ2n) is 4.16. The van der Waals surface area contributed by atoms with Gasteiger partial charge in [0.05, 0.1) is 13.4 Å². The number of carbonyl (C=O) groups excluding carboxylic acids is 1. The minimum Gasteiger partial charge on any atom is -0.469 e. The van der Waals surface area contributed by atoms with Gasteiger partial charge in [-0.05, 0) is 12.8 Å². The molecule has 1 N–H and O–H groups in total. The molecule has 1 aromatic rings. The summed E-state index contributed by atoms with van der Waals surface area (Å²) in [7, 11) is -0.464. The van der Waals surface area contributed by atoms with E-state index in [1.807, 2.05) is 0 Å². The van der Waals surface area contributed by atoms with Crippen molar-refractivity contribution in [3.8, 4) is 0 Å². The smallest absolute Gasteiger partial charge is 0.305 e. The van der Waals surface area contributed by atoms with Gasteiger partial charge in [0, 0.05) is 26.2 Å². The average Bonchev–Trinajstić information content (AvgIpc) is 2.80. The second-order valence-corrected chi connectivity index (χ2v) is 5.88. The highest BCUT2D eigenvalue weighted by Gasteiger charge is 2.15. The fraction of sp³-hybridized carbons (Fsp3) is 0.636. The lowest BCUT2D eigenvalue weighted by atomic mass is 10.2. The molecule has 0 atom stereocenters. The van der Waals surface area contributed by atoms with Crippen LogP contribution in [0.5, 0.6) is 0 Å². The summed E-state index contributed by atoms with van der Waals surface area (Å²) in [6.45, 7) is 0.333. The van der Waals surface area contributed by atoms with Gasteiger partial charge in [-0.15, -0.1) is 0 Å². The number of nitrogens with zero attached hydrogens (tertiary/aromatic N) is 2. The maximum absolute atomic E-state index is 11.8. The van der Waals surface area contributed by atoms with E-state index < -0.39 is 10.0 Å². The van der Waals surface area contributed by atoms with Crippen molar-refractivity contribution in [2.75, 3.05) is 13.7 Å². The Bertz CT molecular complexity index is 510. The van der Waals surface area contributed by atoms with E-state index in [2.05, 4.69) is 14.4 Å². The first-order valence-electron chi connectivity index (χ1n) is 6.00. The highest BCUT2D eigenvalue weighted by molar-refractivity contribution is 7.89. The number of hydrogen-bond donors (Lipinski definition) is 1.